The van der Waals surface area contributed by atoms with Crippen LogP contribution in [-0.4, -0.2) is 16.8 Å². The largest absolute Gasteiger partial charge is 0.416 e. The third-order valence-electron chi connectivity index (χ3n) is 6.09. The molecular weight excluding hydrogens is 491 g/mol. The maximum Gasteiger partial charge on any atom is 0.416 e. The number of pyridine rings is 1. The number of nitrogens with one attached hydrogen (secondary N) is 1. The van der Waals surface area contributed by atoms with Gasteiger partial charge in [-0.05, 0) is 71.6 Å². The lowest BCUT2D eigenvalue weighted by Crippen LogP contribution is -2.31. The van der Waals surface area contributed by atoms with Crippen molar-refractivity contribution >= 4 is 17.5 Å². The van der Waals surface area contributed by atoms with Crippen molar-refractivity contribution in [1.82, 2.24) is 10.3 Å². The van der Waals surface area contributed by atoms with Gasteiger partial charge in [0.15, 0.2) is 0 Å². The lowest BCUT2D eigenvalue weighted by Gasteiger charge is -2.24. The van der Waals surface area contributed by atoms with E-state index in [9.17, 15) is 22.8 Å². The molecule has 0 saturated carbocycles. The molecule has 0 fully saturated rings. The number of amides is 2. The first-order chi connectivity index (χ1) is 18.2. The predicted octanol–water partition coefficient (Wildman–Crippen LogP) is 6.11. The zero-order valence-corrected chi connectivity index (χ0v) is 20.7. The number of benzene rings is 3. The molecule has 3 aromatic carbocycles. The van der Waals surface area contributed by atoms with Gasteiger partial charge in [0.25, 0.3) is 5.91 Å². The topological polar surface area (TPSA) is 62.3 Å². The molecule has 4 aromatic rings. The Bertz CT molecular complexity index is 1390. The summed E-state index contributed by atoms with van der Waals surface area (Å²) in [5, 5.41) is 2.87. The van der Waals surface area contributed by atoms with Gasteiger partial charge >= 0.3 is 6.18 Å². The van der Waals surface area contributed by atoms with Crippen LogP contribution in [0.3, 0.4) is 0 Å². The second-order valence-electron chi connectivity index (χ2n) is 8.88. The highest BCUT2D eigenvalue weighted by Gasteiger charge is 2.30. The van der Waals surface area contributed by atoms with Crippen LogP contribution in [0.1, 0.15) is 38.2 Å². The van der Waals surface area contributed by atoms with Gasteiger partial charge in [-0.3, -0.25) is 14.6 Å². The van der Waals surface area contributed by atoms with Crippen LogP contribution in [0.2, 0.25) is 0 Å². The molecule has 38 heavy (non-hydrogen) atoms. The molecule has 0 spiro atoms. The fourth-order valence-electron chi connectivity index (χ4n) is 3.96. The number of hydrogen-bond donors (Lipinski definition) is 1. The molecule has 2 amide bonds. The van der Waals surface area contributed by atoms with Gasteiger partial charge in [0.1, 0.15) is 0 Å². The normalized spacial score (nSPS) is 11.2. The van der Waals surface area contributed by atoms with Crippen LogP contribution in [0.5, 0.6) is 0 Å². The van der Waals surface area contributed by atoms with Gasteiger partial charge in [0.2, 0.25) is 5.91 Å². The van der Waals surface area contributed by atoms with Crippen LogP contribution in [0, 0.1) is 6.92 Å². The summed E-state index contributed by atoms with van der Waals surface area (Å²) < 4.78 is 39.0. The zero-order valence-electron chi connectivity index (χ0n) is 20.7. The number of aryl methyl sites for hydroxylation is 1. The molecule has 194 valence electrons. The molecular formula is C30H26F3N3O2. The number of halogens is 3. The molecule has 1 aromatic heterocycles. The molecule has 5 nitrogen and oxygen atoms in total. The number of anilines is 1. The summed E-state index contributed by atoms with van der Waals surface area (Å²) in [4.78, 5) is 31.4. The van der Waals surface area contributed by atoms with Crippen molar-refractivity contribution in [1.29, 1.82) is 0 Å². The molecule has 0 atom stereocenters. The van der Waals surface area contributed by atoms with Crippen molar-refractivity contribution in [3.8, 4) is 0 Å². The van der Waals surface area contributed by atoms with Crippen LogP contribution in [0.4, 0.5) is 18.9 Å². The summed E-state index contributed by atoms with van der Waals surface area (Å²) in [6, 6.07) is 22.6. The van der Waals surface area contributed by atoms with Gasteiger partial charge < -0.3 is 10.2 Å². The second-order valence-corrected chi connectivity index (χ2v) is 8.88. The molecule has 0 aliphatic heterocycles. The minimum Gasteiger partial charge on any atom is -0.352 e. The Morgan fingerprint density at radius 2 is 1.45 bits per heavy atom. The number of aromatic nitrogens is 1. The minimum atomic E-state index is -4.43. The Morgan fingerprint density at radius 1 is 0.816 bits per heavy atom. The Balaban J connectivity index is 1.52. The van der Waals surface area contributed by atoms with Gasteiger partial charge in [0.05, 0.1) is 18.5 Å². The SMILES string of the molecule is Cc1ccccc1C(=O)N(Cc1ccc(C(F)(F)F)cc1)c1ccc(CC(=O)NCc2ccncc2)cc1. The van der Waals surface area contributed by atoms with Crippen molar-refractivity contribution in [2.45, 2.75) is 32.6 Å². The summed E-state index contributed by atoms with van der Waals surface area (Å²) in [5.74, 6) is -0.419. The first-order valence-corrected chi connectivity index (χ1v) is 12.0. The maximum absolute atomic E-state index is 13.6. The third kappa shape index (κ3) is 6.85. The van der Waals surface area contributed by atoms with E-state index < -0.39 is 11.7 Å². The van der Waals surface area contributed by atoms with Gasteiger partial charge in [-0.1, -0.05) is 42.5 Å². The second kappa shape index (κ2) is 11.7. The van der Waals surface area contributed by atoms with E-state index in [1.54, 1.807) is 48.8 Å². The first-order valence-electron chi connectivity index (χ1n) is 12.0. The van der Waals surface area contributed by atoms with Crippen molar-refractivity contribution in [2.75, 3.05) is 4.90 Å². The fourth-order valence-corrected chi connectivity index (χ4v) is 3.96. The van der Waals surface area contributed by atoms with Crippen LogP contribution < -0.4 is 10.2 Å². The monoisotopic (exact) mass is 517 g/mol. The lowest BCUT2D eigenvalue weighted by molar-refractivity contribution is -0.137. The van der Waals surface area contributed by atoms with Crippen LogP contribution >= 0.6 is 0 Å². The molecule has 0 unspecified atom stereocenters. The van der Waals surface area contributed by atoms with E-state index in [4.69, 9.17) is 0 Å². The number of hydrogen-bond acceptors (Lipinski definition) is 3. The van der Waals surface area contributed by atoms with E-state index in [0.717, 1.165) is 28.8 Å². The van der Waals surface area contributed by atoms with E-state index in [-0.39, 0.29) is 24.8 Å². The van der Waals surface area contributed by atoms with E-state index in [1.165, 1.54) is 17.0 Å². The summed E-state index contributed by atoms with van der Waals surface area (Å²) in [5.41, 5.74) is 3.37. The van der Waals surface area contributed by atoms with Crippen molar-refractivity contribution in [3.63, 3.8) is 0 Å². The van der Waals surface area contributed by atoms with E-state index in [0.29, 0.717) is 23.4 Å². The average Bonchev–Trinajstić information content (AvgIpc) is 2.91. The molecule has 0 radical (unpaired) electrons. The van der Waals surface area contributed by atoms with Gasteiger partial charge in [-0.25, -0.2) is 0 Å². The number of nitrogens with zero attached hydrogens (tertiary/aromatic N) is 2. The van der Waals surface area contributed by atoms with Crippen molar-refractivity contribution in [2.24, 2.45) is 0 Å². The predicted molar refractivity (Wildman–Crippen MR) is 139 cm³/mol. The molecule has 0 saturated heterocycles. The molecule has 8 heteroatoms. The standard InChI is InChI=1S/C30H26F3N3O2/c1-21-4-2-3-5-27(21)29(38)36(20-24-6-10-25(11-7-24)30(31,32)33)26-12-8-22(9-13-26)18-28(37)35-19-23-14-16-34-17-15-23/h2-17H,18-20H2,1H3,(H,35,37). The summed E-state index contributed by atoms with van der Waals surface area (Å²) in [7, 11) is 0. The van der Waals surface area contributed by atoms with Crippen LogP contribution in [-0.2, 0) is 30.5 Å². The molecule has 1 heterocycles. The van der Waals surface area contributed by atoms with Crippen molar-refractivity contribution < 1.29 is 22.8 Å². The lowest BCUT2D eigenvalue weighted by atomic mass is 10.0. The summed E-state index contributed by atoms with van der Waals surface area (Å²) in [6.07, 6.45) is -0.949. The third-order valence-corrected chi connectivity index (χ3v) is 6.09. The fraction of sp³-hybridized carbons (Fsp3) is 0.167. The van der Waals surface area contributed by atoms with Gasteiger partial charge in [0, 0.05) is 30.2 Å². The molecule has 0 aliphatic rings. The highest BCUT2D eigenvalue weighted by Crippen LogP contribution is 2.30. The number of carbonyl (C=O) groups is 2. The minimum absolute atomic E-state index is 0.0804. The maximum atomic E-state index is 13.6. The Labute approximate surface area is 219 Å². The Morgan fingerprint density at radius 3 is 2.08 bits per heavy atom. The highest BCUT2D eigenvalue weighted by molar-refractivity contribution is 6.07. The average molecular weight is 518 g/mol. The summed E-state index contributed by atoms with van der Waals surface area (Å²) >= 11 is 0. The molecule has 4 rings (SSSR count). The molecule has 1 N–H and O–H groups in total. The smallest absolute Gasteiger partial charge is 0.352 e. The quantitative estimate of drug-likeness (QED) is 0.307. The Hall–Kier alpha value is -4.46. The number of rotatable bonds is 8. The summed E-state index contributed by atoms with van der Waals surface area (Å²) in [6.45, 7) is 2.31. The van der Waals surface area contributed by atoms with E-state index in [2.05, 4.69) is 10.3 Å². The Kier molecular flexibility index (Phi) is 8.21. The molecule has 0 bridgehead atoms. The van der Waals surface area contributed by atoms with Gasteiger partial charge in [-0.15, -0.1) is 0 Å². The highest BCUT2D eigenvalue weighted by atomic mass is 19.4. The van der Waals surface area contributed by atoms with Crippen molar-refractivity contribution in [3.05, 3.63) is 131 Å². The zero-order chi connectivity index (χ0) is 27.1. The van der Waals surface area contributed by atoms with E-state index >= 15 is 0 Å². The number of alkyl halides is 3. The van der Waals surface area contributed by atoms with Crippen LogP contribution in [0.25, 0.3) is 0 Å². The number of carbonyl (C=O) groups excluding carboxylic acids is 2. The van der Waals surface area contributed by atoms with E-state index in [1.807, 2.05) is 31.2 Å². The van der Waals surface area contributed by atoms with Crippen LogP contribution in [0.15, 0.2) is 97.3 Å². The first kappa shape index (κ1) is 26.6. The van der Waals surface area contributed by atoms with Gasteiger partial charge in [-0.2, -0.15) is 13.2 Å². The molecule has 0 aliphatic carbocycles.